The third-order valence-electron chi connectivity index (χ3n) is 6.00. The Morgan fingerprint density at radius 1 is 1.16 bits per heavy atom. The standard InChI is InChI=1S/C29H39N3O5Si/c1-20-17-32(19-34-12-13-38(5,6)7)27(31-20)25-16-24(10-11-30-25)36-23-8-9-26-21(15-23)14-22(18-35-26)28(33)37-29(2,3)4/h8-11,15-17,22H,12-14,18-19H2,1-7H3. The predicted molar refractivity (Wildman–Crippen MR) is 149 cm³/mol. The molecule has 9 heteroatoms. The van der Waals surface area contributed by atoms with Gasteiger partial charge in [0.25, 0.3) is 0 Å². The van der Waals surface area contributed by atoms with Gasteiger partial charge in [-0.05, 0) is 70.0 Å². The van der Waals surface area contributed by atoms with Gasteiger partial charge in [0.05, 0.1) is 11.6 Å². The molecule has 3 aromatic rings. The van der Waals surface area contributed by atoms with Crippen LogP contribution in [-0.4, -0.2) is 47.4 Å². The molecular formula is C29H39N3O5Si. The maximum atomic E-state index is 12.6. The van der Waals surface area contributed by atoms with E-state index in [2.05, 4.69) is 29.6 Å². The molecule has 0 radical (unpaired) electrons. The predicted octanol–water partition coefficient (Wildman–Crippen LogP) is 6.25. The van der Waals surface area contributed by atoms with Crippen molar-refractivity contribution in [3.05, 3.63) is 54.0 Å². The molecule has 2 aromatic heterocycles. The van der Waals surface area contributed by atoms with E-state index in [1.165, 1.54) is 0 Å². The first-order valence-electron chi connectivity index (χ1n) is 13.1. The lowest BCUT2D eigenvalue weighted by Crippen LogP contribution is -2.34. The minimum Gasteiger partial charge on any atom is -0.492 e. The smallest absolute Gasteiger partial charge is 0.313 e. The maximum Gasteiger partial charge on any atom is 0.313 e. The van der Waals surface area contributed by atoms with Crippen molar-refractivity contribution < 1.29 is 23.7 Å². The van der Waals surface area contributed by atoms with E-state index in [9.17, 15) is 4.79 Å². The Labute approximate surface area is 226 Å². The summed E-state index contributed by atoms with van der Waals surface area (Å²) in [6, 6.07) is 10.5. The second kappa shape index (κ2) is 11.3. The van der Waals surface area contributed by atoms with E-state index >= 15 is 0 Å². The molecule has 0 aliphatic carbocycles. The average molecular weight is 538 g/mol. The summed E-state index contributed by atoms with van der Waals surface area (Å²) >= 11 is 0. The van der Waals surface area contributed by atoms with E-state index in [-0.39, 0.29) is 11.9 Å². The SMILES string of the molecule is Cc1cn(COCC[Si](C)(C)C)c(-c2cc(Oc3ccc4c(c3)CC(C(=O)OC(C)(C)C)CO4)ccn2)n1. The van der Waals surface area contributed by atoms with Crippen LogP contribution in [0.25, 0.3) is 11.5 Å². The summed E-state index contributed by atoms with van der Waals surface area (Å²) in [4.78, 5) is 21.8. The minimum absolute atomic E-state index is 0.247. The number of hydrogen-bond acceptors (Lipinski definition) is 7. The van der Waals surface area contributed by atoms with Gasteiger partial charge < -0.3 is 23.5 Å². The fourth-order valence-electron chi connectivity index (χ4n) is 4.09. The number of aromatic nitrogens is 3. The van der Waals surface area contributed by atoms with Crippen molar-refractivity contribution in [1.82, 2.24) is 14.5 Å². The van der Waals surface area contributed by atoms with Crippen LogP contribution in [0.1, 0.15) is 32.0 Å². The van der Waals surface area contributed by atoms with Gasteiger partial charge in [0, 0.05) is 33.1 Å². The zero-order valence-electron chi connectivity index (χ0n) is 23.5. The van der Waals surface area contributed by atoms with Crippen molar-refractivity contribution >= 4 is 14.0 Å². The van der Waals surface area contributed by atoms with Gasteiger partial charge in [-0.2, -0.15) is 0 Å². The molecule has 1 aliphatic rings. The van der Waals surface area contributed by atoms with Crippen LogP contribution in [0.15, 0.2) is 42.7 Å². The number of fused-ring (bicyclic) bond motifs is 1. The summed E-state index contributed by atoms with van der Waals surface area (Å²) in [5, 5.41) is 0. The molecule has 0 saturated heterocycles. The summed E-state index contributed by atoms with van der Waals surface area (Å²) in [6.07, 6.45) is 4.23. The third kappa shape index (κ3) is 7.67. The van der Waals surface area contributed by atoms with Gasteiger partial charge in [0.1, 0.15) is 41.9 Å². The molecule has 1 aliphatic heterocycles. The number of pyridine rings is 1. The van der Waals surface area contributed by atoms with Crippen molar-refractivity contribution in [2.24, 2.45) is 5.92 Å². The highest BCUT2D eigenvalue weighted by atomic mass is 28.3. The molecule has 0 spiro atoms. The number of carbonyl (C=O) groups is 1. The summed E-state index contributed by atoms with van der Waals surface area (Å²) in [6.45, 7) is 16.1. The van der Waals surface area contributed by atoms with Crippen LogP contribution in [0, 0.1) is 12.8 Å². The topological polar surface area (TPSA) is 84.7 Å². The number of aryl methyl sites for hydroxylation is 1. The van der Waals surface area contributed by atoms with Crippen molar-refractivity contribution in [3.63, 3.8) is 0 Å². The maximum absolute atomic E-state index is 12.6. The van der Waals surface area contributed by atoms with Crippen LogP contribution in [0.4, 0.5) is 0 Å². The third-order valence-corrected chi connectivity index (χ3v) is 7.70. The molecule has 0 amide bonds. The van der Waals surface area contributed by atoms with Crippen LogP contribution >= 0.6 is 0 Å². The normalized spacial score (nSPS) is 15.5. The summed E-state index contributed by atoms with van der Waals surface area (Å²) < 4.78 is 25.5. The Hall–Kier alpha value is -3.17. The highest BCUT2D eigenvalue weighted by Gasteiger charge is 2.30. The Morgan fingerprint density at radius 2 is 1.92 bits per heavy atom. The molecule has 38 heavy (non-hydrogen) atoms. The molecule has 1 atom stereocenters. The van der Waals surface area contributed by atoms with E-state index in [0.29, 0.717) is 37.0 Å². The number of ether oxygens (including phenoxy) is 4. The van der Waals surface area contributed by atoms with Gasteiger partial charge in [0.2, 0.25) is 0 Å². The molecule has 1 unspecified atom stereocenters. The summed E-state index contributed by atoms with van der Waals surface area (Å²) in [5.74, 6) is 2.20. The highest BCUT2D eigenvalue weighted by molar-refractivity contribution is 6.76. The van der Waals surface area contributed by atoms with E-state index in [1.807, 2.05) is 68.8 Å². The van der Waals surface area contributed by atoms with Crippen LogP contribution in [0.3, 0.4) is 0 Å². The van der Waals surface area contributed by atoms with Crippen molar-refractivity contribution in [2.75, 3.05) is 13.2 Å². The average Bonchev–Trinajstić information content (AvgIpc) is 3.20. The van der Waals surface area contributed by atoms with Gasteiger partial charge in [-0.25, -0.2) is 4.98 Å². The van der Waals surface area contributed by atoms with Crippen molar-refractivity contribution in [1.29, 1.82) is 0 Å². The molecule has 3 heterocycles. The minimum atomic E-state index is -1.15. The largest absolute Gasteiger partial charge is 0.492 e. The van der Waals surface area contributed by atoms with Gasteiger partial charge in [-0.1, -0.05) is 19.6 Å². The number of rotatable bonds is 9. The Bertz CT molecular complexity index is 1280. The molecule has 4 rings (SSSR count). The lowest BCUT2D eigenvalue weighted by molar-refractivity contribution is -0.161. The van der Waals surface area contributed by atoms with Gasteiger partial charge in [0.15, 0.2) is 5.82 Å². The monoisotopic (exact) mass is 537 g/mol. The molecule has 0 bridgehead atoms. The number of esters is 1. The van der Waals surface area contributed by atoms with Crippen LogP contribution < -0.4 is 9.47 Å². The molecule has 1 aromatic carbocycles. The van der Waals surface area contributed by atoms with Gasteiger partial charge in [-0.3, -0.25) is 9.78 Å². The molecule has 0 fully saturated rings. The zero-order chi connectivity index (χ0) is 27.5. The Balaban J connectivity index is 1.46. The Kier molecular flexibility index (Phi) is 8.27. The fourth-order valence-corrected chi connectivity index (χ4v) is 4.85. The van der Waals surface area contributed by atoms with Crippen LogP contribution in [-0.2, 0) is 27.4 Å². The first-order chi connectivity index (χ1) is 17.9. The van der Waals surface area contributed by atoms with Gasteiger partial charge >= 0.3 is 5.97 Å². The second-order valence-corrected chi connectivity index (χ2v) is 17.6. The van der Waals surface area contributed by atoms with Crippen LogP contribution in [0.2, 0.25) is 25.7 Å². The highest BCUT2D eigenvalue weighted by Crippen LogP contribution is 2.34. The lowest BCUT2D eigenvalue weighted by atomic mass is 9.96. The molecule has 8 nitrogen and oxygen atoms in total. The van der Waals surface area contributed by atoms with Gasteiger partial charge in [-0.15, -0.1) is 0 Å². The zero-order valence-corrected chi connectivity index (χ0v) is 24.5. The second-order valence-electron chi connectivity index (χ2n) is 12.0. The molecule has 0 N–H and O–H groups in total. The van der Waals surface area contributed by atoms with Crippen LogP contribution in [0.5, 0.6) is 17.2 Å². The molecule has 0 saturated carbocycles. The quantitative estimate of drug-likeness (QED) is 0.181. The number of nitrogens with zero attached hydrogens (tertiary/aromatic N) is 3. The number of carbonyl (C=O) groups excluding carboxylic acids is 1. The van der Waals surface area contributed by atoms with E-state index in [1.54, 1.807) is 6.20 Å². The Morgan fingerprint density at radius 3 is 2.66 bits per heavy atom. The number of benzene rings is 1. The number of hydrogen-bond donors (Lipinski definition) is 0. The lowest BCUT2D eigenvalue weighted by Gasteiger charge is -2.27. The first kappa shape index (κ1) is 27.9. The first-order valence-corrected chi connectivity index (χ1v) is 16.8. The fraction of sp³-hybridized carbons (Fsp3) is 0.483. The summed E-state index contributed by atoms with van der Waals surface area (Å²) in [7, 11) is -1.15. The van der Waals surface area contributed by atoms with E-state index in [0.717, 1.165) is 35.5 Å². The van der Waals surface area contributed by atoms with E-state index in [4.69, 9.17) is 18.9 Å². The van der Waals surface area contributed by atoms with Crippen molar-refractivity contribution in [2.45, 2.75) is 72.1 Å². The number of imidazole rings is 1. The molecular weight excluding hydrogens is 498 g/mol. The van der Waals surface area contributed by atoms with Crippen molar-refractivity contribution in [3.8, 4) is 28.8 Å². The van der Waals surface area contributed by atoms with E-state index < -0.39 is 13.7 Å². The molecule has 204 valence electrons. The summed E-state index contributed by atoms with van der Waals surface area (Å²) in [5.41, 5.74) is 1.99.